The summed E-state index contributed by atoms with van der Waals surface area (Å²) in [6.45, 7) is 3.45. The lowest BCUT2D eigenvalue weighted by atomic mass is 10.0. The molecule has 6 nitrogen and oxygen atoms in total. The Morgan fingerprint density at radius 2 is 1.72 bits per heavy atom. The lowest BCUT2D eigenvalue weighted by Gasteiger charge is -2.31. The van der Waals surface area contributed by atoms with Gasteiger partial charge in [0.25, 0.3) is 0 Å². The molecule has 6 heteroatoms. The van der Waals surface area contributed by atoms with Gasteiger partial charge in [-0.3, -0.25) is 14.5 Å². The molecule has 1 heterocycles. The zero-order chi connectivity index (χ0) is 17.5. The smallest absolute Gasteiger partial charge is 0.238 e. The predicted octanol–water partition coefficient (Wildman–Crippen LogP) is 1.21. The summed E-state index contributed by atoms with van der Waals surface area (Å²) in [4.78, 5) is 26.2. The van der Waals surface area contributed by atoms with Crippen molar-refractivity contribution in [3.8, 4) is 0 Å². The summed E-state index contributed by atoms with van der Waals surface area (Å²) in [6.07, 6.45) is 4.38. The summed E-state index contributed by atoms with van der Waals surface area (Å²) in [5.74, 6) is 0.886. The third kappa shape index (κ3) is 6.48. The van der Waals surface area contributed by atoms with Gasteiger partial charge in [0.2, 0.25) is 11.8 Å². The zero-order valence-corrected chi connectivity index (χ0v) is 14.7. The Morgan fingerprint density at radius 3 is 2.40 bits per heavy atom. The highest BCUT2D eigenvalue weighted by molar-refractivity contribution is 5.92. The molecular weight excluding hydrogens is 316 g/mol. The van der Waals surface area contributed by atoms with E-state index in [2.05, 4.69) is 20.9 Å². The number of hydrogen-bond acceptors (Lipinski definition) is 4. The van der Waals surface area contributed by atoms with Crippen molar-refractivity contribution in [2.75, 3.05) is 38.0 Å². The number of carbonyl (C=O) groups is 2. The monoisotopic (exact) mass is 344 g/mol. The first-order valence-corrected chi connectivity index (χ1v) is 9.26. The van der Waals surface area contributed by atoms with Crippen molar-refractivity contribution in [1.82, 2.24) is 15.5 Å². The van der Waals surface area contributed by atoms with Gasteiger partial charge in [-0.25, -0.2) is 0 Å². The van der Waals surface area contributed by atoms with E-state index in [0.29, 0.717) is 13.1 Å². The number of amides is 2. The van der Waals surface area contributed by atoms with Crippen molar-refractivity contribution in [2.24, 2.45) is 5.92 Å². The van der Waals surface area contributed by atoms with Crippen LogP contribution in [0.2, 0.25) is 0 Å². The maximum atomic E-state index is 12.1. The second-order valence-corrected chi connectivity index (χ2v) is 7.11. The molecule has 1 saturated heterocycles. The molecule has 2 aliphatic rings. The Morgan fingerprint density at radius 1 is 1.00 bits per heavy atom. The van der Waals surface area contributed by atoms with E-state index in [1.54, 1.807) is 0 Å². The molecular formula is C19H28N4O2. The molecule has 2 amide bonds. The van der Waals surface area contributed by atoms with Crippen LogP contribution in [0.1, 0.15) is 25.7 Å². The molecule has 3 N–H and O–H groups in total. The first-order valence-electron chi connectivity index (χ1n) is 9.26. The van der Waals surface area contributed by atoms with E-state index in [4.69, 9.17) is 0 Å². The van der Waals surface area contributed by atoms with E-state index in [-0.39, 0.29) is 17.9 Å². The lowest BCUT2D eigenvalue weighted by molar-refractivity contribution is -0.122. The predicted molar refractivity (Wildman–Crippen MR) is 98.3 cm³/mol. The number of para-hydroxylation sites is 1. The Hall–Kier alpha value is -1.92. The molecule has 25 heavy (non-hydrogen) atoms. The van der Waals surface area contributed by atoms with Crippen molar-refractivity contribution in [3.63, 3.8) is 0 Å². The van der Waals surface area contributed by atoms with Gasteiger partial charge in [0.1, 0.15) is 0 Å². The van der Waals surface area contributed by atoms with Gasteiger partial charge in [-0.2, -0.15) is 0 Å². The Bertz CT molecular complexity index is 566. The average molecular weight is 344 g/mol. The van der Waals surface area contributed by atoms with Crippen LogP contribution in [0.5, 0.6) is 0 Å². The molecule has 1 saturated carbocycles. The molecule has 0 unspecified atom stereocenters. The average Bonchev–Trinajstić information content (AvgIpc) is 3.42. The molecule has 1 aliphatic heterocycles. The second-order valence-electron chi connectivity index (χ2n) is 7.11. The lowest BCUT2D eigenvalue weighted by Crippen LogP contribution is -2.48. The van der Waals surface area contributed by atoms with Crippen LogP contribution in [0.3, 0.4) is 0 Å². The number of carbonyl (C=O) groups excluding carboxylic acids is 2. The quantitative estimate of drug-likeness (QED) is 0.663. The Balaban J connectivity index is 1.29. The van der Waals surface area contributed by atoms with E-state index in [1.165, 1.54) is 12.8 Å². The zero-order valence-electron chi connectivity index (χ0n) is 14.7. The first-order chi connectivity index (χ1) is 12.2. The fourth-order valence-corrected chi connectivity index (χ4v) is 3.15. The highest BCUT2D eigenvalue weighted by Gasteiger charge is 2.23. The summed E-state index contributed by atoms with van der Waals surface area (Å²) >= 11 is 0. The summed E-state index contributed by atoms with van der Waals surface area (Å²) in [5.41, 5.74) is 0.827. The van der Waals surface area contributed by atoms with Crippen molar-refractivity contribution >= 4 is 17.5 Å². The van der Waals surface area contributed by atoms with Gasteiger partial charge in [0, 0.05) is 24.8 Å². The van der Waals surface area contributed by atoms with Crippen LogP contribution in [-0.4, -0.2) is 55.5 Å². The van der Waals surface area contributed by atoms with Crippen LogP contribution >= 0.6 is 0 Å². The Labute approximate surface area is 149 Å². The van der Waals surface area contributed by atoms with Crippen molar-refractivity contribution in [1.29, 1.82) is 0 Å². The summed E-state index contributed by atoms with van der Waals surface area (Å²) in [5, 5.41) is 9.23. The number of piperidine rings is 1. The van der Waals surface area contributed by atoms with Gasteiger partial charge in [-0.1, -0.05) is 18.2 Å². The first kappa shape index (κ1) is 17.9. The van der Waals surface area contributed by atoms with Crippen LogP contribution in [-0.2, 0) is 9.59 Å². The van der Waals surface area contributed by atoms with Crippen molar-refractivity contribution < 1.29 is 9.59 Å². The number of benzene rings is 1. The van der Waals surface area contributed by atoms with E-state index in [0.717, 1.165) is 44.1 Å². The summed E-state index contributed by atoms with van der Waals surface area (Å²) in [7, 11) is 0. The number of likely N-dealkylation sites (tertiary alicyclic amines) is 1. The largest absolute Gasteiger partial charge is 0.352 e. The molecule has 0 bridgehead atoms. The molecule has 0 aromatic heterocycles. The third-order valence-electron chi connectivity index (χ3n) is 4.79. The van der Waals surface area contributed by atoms with Crippen LogP contribution in [0.25, 0.3) is 0 Å². The SMILES string of the molecule is O=C(CN1CCC(NC(=O)CNCC2CC2)CC1)Nc1ccccc1. The number of anilines is 1. The second kappa shape index (κ2) is 8.97. The molecule has 0 atom stereocenters. The van der Waals surface area contributed by atoms with Crippen molar-refractivity contribution in [3.05, 3.63) is 30.3 Å². The number of rotatable bonds is 8. The van der Waals surface area contributed by atoms with Crippen LogP contribution < -0.4 is 16.0 Å². The topological polar surface area (TPSA) is 73.5 Å². The molecule has 1 aromatic carbocycles. The van der Waals surface area contributed by atoms with Gasteiger partial charge < -0.3 is 16.0 Å². The van der Waals surface area contributed by atoms with Crippen LogP contribution in [0.15, 0.2) is 30.3 Å². The normalized spacial score (nSPS) is 18.7. The molecule has 1 aliphatic carbocycles. The minimum atomic E-state index is 0.0120. The highest BCUT2D eigenvalue weighted by atomic mass is 16.2. The molecule has 2 fully saturated rings. The minimum absolute atomic E-state index is 0.0120. The van der Waals surface area contributed by atoms with Gasteiger partial charge in [0.15, 0.2) is 0 Å². The van der Waals surface area contributed by atoms with Gasteiger partial charge in [0.05, 0.1) is 13.1 Å². The third-order valence-corrected chi connectivity index (χ3v) is 4.79. The van der Waals surface area contributed by atoms with E-state index in [9.17, 15) is 9.59 Å². The minimum Gasteiger partial charge on any atom is -0.352 e. The molecule has 136 valence electrons. The number of nitrogens with one attached hydrogen (secondary N) is 3. The van der Waals surface area contributed by atoms with E-state index < -0.39 is 0 Å². The summed E-state index contributed by atoms with van der Waals surface area (Å²) < 4.78 is 0. The Kier molecular flexibility index (Phi) is 6.42. The van der Waals surface area contributed by atoms with E-state index >= 15 is 0 Å². The number of hydrogen-bond donors (Lipinski definition) is 3. The van der Waals surface area contributed by atoms with Gasteiger partial charge in [-0.15, -0.1) is 0 Å². The molecule has 1 aromatic rings. The number of nitrogens with zero attached hydrogens (tertiary/aromatic N) is 1. The fraction of sp³-hybridized carbons (Fsp3) is 0.579. The maximum absolute atomic E-state index is 12.1. The molecule has 0 radical (unpaired) electrons. The van der Waals surface area contributed by atoms with Gasteiger partial charge >= 0.3 is 0 Å². The fourth-order valence-electron chi connectivity index (χ4n) is 3.15. The standard InChI is InChI=1S/C19H28N4O2/c24-18(13-20-12-15-6-7-15)21-17-8-10-23(11-9-17)14-19(25)22-16-4-2-1-3-5-16/h1-5,15,17,20H,6-14H2,(H,21,24)(H,22,25). The van der Waals surface area contributed by atoms with Crippen LogP contribution in [0, 0.1) is 5.92 Å². The molecule has 0 spiro atoms. The van der Waals surface area contributed by atoms with Crippen molar-refractivity contribution in [2.45, 2.75) is 31.7 Å². The van der Waals surface area contributed by atoms with E-state index in [1.807, 2.05) is 30.3 Å². The molecule has 3 rings (SSSR count). The van der Waals surface area contributed by atoms with Crippen LogP contribution in [0.4, 0.5) is 5.69 Å². The summed E-state index contributed by atoms with van der Waals surface area (Å²) in [6, 6.07) is 9.74. The highest BCUT2D eigenvalue weighted by Crippen LogP contribution is 2.27. The maximum Gasteiger partial charge on any atom is 0.238 e. The van der Waals surface area contributed by atoms with Gasteiger partial charge in [-0.05, 0) is 50.3 Å².